The van der Waals surface area contributed by atoms with Crippen LogP contribution in [0.2, 0.25) is 0 Å². The largest absolute Gasteiger partial charge is 0.481 e. The van der Waals surface area contributed by atoms with Gasteiger partial charge in [0, 0.05) is 18.8 Å². The number of nitrogens with two attached hydrogens (primary N) is 1. The van der Waals surface area contributed by atoms with E-state index in [-0.39, 0.29) is 17.5 Å². The molecule has 1 aliphatic heterocycles. The van der Waals surface area contributed by atoms with Crippen molar-refractivity contribution in [3.63, 3.8) is 0 Å². The van der Waals surface area contributed by atoms with E-state index in [9.17, 15) is 9.59 Å². The average Bonchev–Trinajstić information content (AvgIpc) is 3.40. The van der Waals surface area contributed by atoms with Crippen LogP contribution >= 0.6 is 0 Å². The van der Waals surface area contributed by atoms with Gasteiger partial charge in [-0.2, -0.15) is 5.10 Å². The highest BCUT2D eigenvalue weighted by atomic mass is 16.5. The Bertz CT molecular complexity index is 1070. The van der Waals surface area contributed by atoms with Gasteiger partial charge in [0.1, 0.15) is 5.82 Å². The van der Waals surface area contributed by atoms with Crippen LogP contribution in [0.4, 0.5) is 5.82 Å². The van der Waals surface area contributed by atoms with Crippen molar-refractivity contribution in [2.45, 2.75) is 25.8 Å². The number of Topliss-reactive ketones (excluding diaryl/α,β-unsaturated/α-hetero) is 1. The number of pyridine rings is 1. The van der Waals surface area contributed by atoms with Gasteiger partial charge in [-0.25, -0.2) is 9.67 Å². The molecule has 0 bridgehead atoms. The van der Waals surface area contributed by atoms with Gasteiger partial charge in [0.05, 0.1) is 36.2 Å². The smallest absolute Gasteiger partial charge is 0.256 e. The topological polar surface area (TPSA) is 103 Å². The number of amides is 1. The van der Waals surface area contributed by atoms with E-state index in [4.69, 9.17) is 10.5 Å². The number of aryl methyl sites for hydroxylation is 1. The number of methoxy groups -OCH3 is 1. The molecule has 1 atom stereocenters. The van der Waals surface area contributed by atoms with Crippen molar-refractivity contribution in [3.8, 4) is 11.6 Å². The van der Waals surface area contributed by atoms with Crippen LogP contribution in [0.25, 0.3) is 5.69 Å². The third kappa shape index (κ3) is 3.52. The maximum atomic E-state index is 13.3. The minimum Gasteiger partial charge on any atom is -0.481 e. The van der Waals surface area contributed by atoms with E-state index in [0.717, 1.165) is 17.7 Å². The maximum Gasteiger partial charge on any atom is 0.256 e. The van der Waals surface area contributed by atoms with E-state index in [1.165, 1.54) is 19.5 Å². The van der Waals surface area contributed by atoms with E-state index in [2.05, 4.69) is 10.1 Å². The van der Waals surface area contributed by atoms with Gasteiger partial charge in [-0.3, -0.25) is 9.59 Å². The summed E-state index contributed by atoms with van der Waals surface area (Å²) in [6.07, 6.45) is 4.28. The summed E-state index contributed by atoms with van der Waals surface area (Å²) in [5, 5.41) is 4.30. The number of benzene rings is 1. The van der Waals surface area contributed by atoms with Crippen LogP contribution in [0.3, 0.4) is 0 Å². The molecule has 3 aromatic rings. The predicted octanol–water partition coefficient (Wildman–Crippen LogP) is 2.65. The highest BCUT2D eigenvalue weighted by Crippen LogP contribution is 2.27. The molecule has 1 aliphatic rings. The molecule has 0 spiro atoms. The number of ether oxygens (including phenoxy) is 1. The zero-order valence-electron chi connectivity index (χ0n) is 16.9. The van der Waals surface area contributed by atoms with E-state index < -0.39 is 6.04 Å². The molecule has 0 unspecified atom stereocenters. The molecule has 8 heteroatoms. The lowest BCUT2D eigenvalue weighted by Crippen LogP contribution is -2.40. The molecule has 0 aliphatic carbocycles. The zero-order chi connectivity index (χ0) is 21.3. The second-order valence-electron chi connectivity index (χ2n) is 7.30. The SMILES string of the molecule is COc1ccc(C(=O)N2CCC[C@H]2C(=O)c2cnn(-c3ccc(C)cc3)c2N)cn1. The molecule has 30 heavy (non-hydrogen) atoms. The highest BCUT2D eigenvalue weighted by molar-refractivity contribution is 6.07. The molecular weight excluding hydrogens is 382 g/mol. The number of likely N-dealkylation sites (tertiary alicyclic amines) is 1. The second-order valence-corrected chi connectivity index (χ2v) is 7.30. The van der Waals surface area contributed by atoms with Gasteiger partial charge in [0.2, 0.25) is 5.88 Å². The first-order valence-corrected chi connectivity index (χ1v) is 9.75. The normalized spacial score (nSPS) is 15.9. The molecule has 4 rings (SSSR count). The molecular formula is C22H23N5O3. The van der Waals surface area contributed by atoms with Crippen LogP contribution in [0, 0.1) is 6.92 Å². The Labute approximate surface area is 174 Å². The third-order valence-corrected chi connectivity index (χ3v) is 5.36. The lowest BCUT2D eigenvalue weighted by molar-refractivity contribution is 0.0671. The van der Waals surface area contributed by atoms with E-state index in [1.807, 2.05) is 31.2 Å². The van der Waals surface area contributed by atoms with Gasteiger partial charge >= 0.3 is 0 Å². The Morgan fingerprint density at radius 1 is 1.13 bits per heavy atom. The number of hydrogen-bond acceptors (Lipinski definition) is 6. The van der Waals surface area contributed by atoms with Gasteiger partial charge in [-0.15, -0.1) is 0 Å². The standard InChI is InChI=1S/C22H23N5O3/c1-14-5-8-16(9-6-14)27-21(23)17(13-25-27)20(28)18-4-3-11-26(18)22(29)15-7-10-19(30-2)24-12-15/h5-10,12-13,18H,3-4,11,23H2,1-2H3/t18-/m0/s1. The van der Waals surface area contributed by atoms with Crippen LogP contribution in [-0.4, -0.2) is 51.1 Å². The molecule has 0 saturated carbocycles. The molecule has 1 aromatic carbocycles. The minimum absolute atomic E-state index is 0.196. The van der Waals surface area contributed by atoms with Crippen LogP contribution in [0.5, 0.6) is 5.88 Å². The molecule has 3 heterocycles. The van der Waals surface area contributed by atoms with Crippen molar-refractivity contribution in [3.05, 3.63) is 65.5 Å². The first kappa shape index (κ1) is 19.6. The van der Waals surface area contributed by atoms with Crippen LogP contribution in [-0.2, 0) is 0 Å². The van der Waals surface area contributed by atoms with E-state index in [1.54, 1.807) is 21.7 Å². The molecule has 1 fully saturated rings. The van der Waals surface area contributed by atoms with Crippen LogP contribution in [0.15, 0.2) is 48.8 Å². The Morgan fingerprint density at radius 3 is 2.57 bits per heavy atom. The van der Waals surface area contributed by atoms with Crippen molar-refractivity contribution in [2.75, 3.05) is 19.4 Å². The van der Waals surface area contributed by atoms with Gasteiger partial charge < -0.3 is 15.4 Å². The zero-order valence-corrected chi connectivity index (χ0v) is 16.9. The monoisotopic (exact) mass is 405 g/mol. The summed E-state index contributed by atoms with van der Waals surface area (Å²) < 4.78 is 6.58. The van der Waals surface area contributed by atoms with E-state index in [0.29, 0.717) is 30.0 Å². The molecule has 1 amide bonds. The lowest BCUT2D eigenvalue weighted by Gasteiger charge is -2.23. The number of carbonyl (C=O) groups excluding carboxylic acids is 2. The quantitative estimate of drug-likeness (QED) is 0.655. The Morgan fingerprint density at radius 2 is 1.90 bits per heavy atom. The van der Waals surface area contributed by atoms with Gasteiger partial charge in [-0.1, -0.05) is 17.7 Å². The predicted molar refractivity (Wildman–Crippen MR) is 112 cm³/mol. The summed E-state index contributed by atoms with van der Waals surface area (Å²) in [7, 11) is 1.51. The van der Waals surface area contributed by atoms with Crippen molar-refractivity contribution < 1.29 is 14.3 Å². The van der Waals surface area contributed by atoms with Gasteiger partial charge in [0.15, 0.2) is 5.78 Å². The summed E-state index contributed by atoms with van der Waals surface area (Å²) in [6, 6.07) is 10.4. The van der Waals surface area contributed by atoms with Crippen molar-refractivity contribution in [2.24, 2.45) is 0 Å². The number of hydrogen-bond donors (Lipinski definition) is 1. The Hall–Kier alpha value is -3.68. The molecule has 2 aromatic heterocycles. The van der Waals surface area contributed by atoms with E-state index >= 15 is 0 Å². The van der Waals surface area contributed by atoms with Crippen molar-refractivity contribution >= 4 is 17.5 Å². The molecule has 0 radical (unpaired) electrons. The number of anilines is 1. The summed E-state index contributed by atoms with van der Waals surface area (Å²) >= 11 is 0. The minimum atomic E-state index is -0.572. The third-order valence-electron chi connectivity index (χ3n) is 5.36. The fourth-order valence-corrected chi connectivity index (χ4v) is 3.69. The summed E-state index contributed by atoms with van der Waals surface area (Å²) in [4.78, 5) is 31.9. The molecule has 2 N–H and O–H groups in total. The lowest BCUT2D eigenvalue weighted by atomic mass is 10.0. The molecule has 8 nitrogen and oxygen atoms in total. The summed E-state index contributed by atoms with van der Waals surface area (Å²) in [6.45, 7) is 2.50. The Kier molecular flexibility index (Phi) is 5.22. The van der Waals surface area contributed by atoms with Gasteiger partial charge in [-0.05, 0) is 38.0 Å². The number of carbonyl (C=O) groups is 2. The number of rotatable bonds is 5. The summed E-state index contributed by atoms with van der Waals surface area (Å²) in [5.74, 6) is 0.273. The summed E-state index contributed by atoms with van der Waals surface area (Å²) in [5.41, 5.74) is 8.90. The number of nitrogens with zero attached hydrogens (tertiary/aromatic N) is 4. The molecule has 154 valence electrons. The molecule has 1 saturated heterocycles. The average molecular weight is 405 g/mol. The highest BCUT2D eigenvalue weighted by Gasteiger charge is 2.36. The fourth-order valence-electron chi connectivity index (χ4n) is 3.69. The van der Waals surface area contributed by atoms with Crippen molar-refractivity contribution in [1.82, 2.24) is 19.7 Å². The fraction of sp³-hybridized carbons (Fsp3) is 0.273. The number of nitrogen functional groups attached to an aromatic ring is 1. The number of ketones is 1. The van der Waals surface area contributed by atoms with Crippen molar-refractivity contribution in [1.29, 1.82) is 0 Å². The Balaban J connectivity index is 1.58. The number of aromatic nitrogens is 3. The first-order valence-electron chi connectivity index (χ1n) is 9.75. The first-order chi connectivity index (χ1) is 14.5. The van der Waals surface area contributed by atoms with Crippen LogP contribution in [0.1, 0.15) is 39.1 Å². The maximum absolute atomic E-state index is 13.3. The second kappa shape index (κ2) is 7.98. The van der Waals surface area contributed by atoms with Crippen LogP contribution < -0.4 is 10.5 Å². The van der Waals surface area contributed by atoms with Gasteiger partial charge in [0.25, 0.3) is 5.91 Å².